The highest BCUT2D eigenvalue weighted by molar-refractivity contribution is 9.10. The Bertz CT molecular complexity index is 1580. The van der Waals surface area contributed by atoms with Gasteiger partial charge in [-0.3, -0.25) is 0 Å². The highest BCUT2D eigenvalue weighted by Gasteiger charge is 2.45. The van der Waals surface area contributed by atoms with E-state index in [9.17, 15) is 5.11 Å². The van der Waals surface area contributed by atoms with Crippen molar-refractivity contribution >= 4 is 26.8 Å². The number of aliphatic hydroxyl groups is 1. The van der Waals surface area contributed by atoms with E-state index in [-0.39, 0.29) is 12.0 Å². The van der Waals surface area contributed by atoms with Gasteiger partial charge in [-0.05, 0) is 77.2 Å². The fraction of sp³-hybridized carbons (Fsp3) is 0.424. The second-order valence-corrected chi connectivity index (χ2v) is 11.8. The number of nitrogens with zero attached hydrogens (tertiary/aromatic N) is 4. The molecule has 3 heterocycles. The van der Waals surface area contributed by atoms with E-state index >= 15 is 0 Å². The summed E-state index contributed by atoms with van der Waals surface area (Å²) in [7, 11) is 8.59. The molecule has 10 nitrogen and oxygen atoms in total. The van der Waals surface area contributed by atoms with Crippen molar-refractivity contribution in [2.24, 2.45) is 0 Å². The van der Waals surface area contributed by atoms with Crippen molar-refractivity contribution in [3.8, 4) is 29.3 Å². The quantitative estimate of drug-likeness (QED) is 0.173. The van der Waals surface area contributed by atoms with Gasteiger partial charge in [-0.1, -0.05) is 15.9 Å². The van der Waals surface area contributed by atoms with Crippen molar-refractivity contribution < 1.29 is 28.8 Å². The maximum Gasteiger partial charge on any atom is 0.257 e. The van der Waals surface area contributed by atoms with Crippen LogP contribution in [0.2, 0.25) is 0 Å². The van der Waals surface area contributed by atoms with E-state index in [1.807, 2.05) is 70.1 Å². The summed E-state index contributed by atoms with van der Waals surface area (Å²) in [5, 5.41) is 14.2. The van der Waals surface area contributed by atoms with Crippen LogP contribution in [0.5, 0.6) is 29.3 Å². The third-order valence-corrected chi connectivity index (χ3v) is 7.72. The van der Waals surface area contributed by atoms with Gasteiger partial charge in [-0.15, -0.1) is 0 Å². The van der Waals surface area contributed by atoms with Gasteiger partial charge in [0, 0.05) is 45.9 Å². The van der Waals surface area contributed by atoms with Crippen LogP contribution in [0, 0.1) is 0 Å². The molecule has 2 atom stereocenters. The van der Waals surface area contributed by atoms with Gasteiger partial charge in [0.2, 0.25) is 17.6 Å². The van der Waals surface area contributed by atoms with Crippen molar-refractivity contribution in [2.45, 2.75) is 44.8 Å². The predicted octanol–water partition coefficient (Wildman–Crippen LogP) is 5.97. The molecule has 0 fully saturated rings. The van der Waals surface area contributed by atoms with E-state index in [2.05, 4.69) is 25.9 Å². The van der Waals surface area contributed by atoms with Crippen molar-refractivity contribution in [2.75, 3.05) is 48.6 Å². The van der Waals surface area contributed by atoms with Gasteiger partial charge in [-0.2, -0.15) is 4.98 Å². The number of benzene rings is 1. The minimum Gasteiger partial charge on any atom is -0.491 e. The lowest BCUT2D eigenvalue weighted by atomic mass is 9.71. The third kappa shape index (κ3) is 7.17. The fourth-order valence-corrected chi connectivity index (χ4v) is 5.70. The van der Waals surface area contributed by atoms with E-state index in [1.54, 1.807) is 32.5 Å². The van der Waals surface area contributed by atoms with Crippen LogP contribution in [0.1, 0.15) is 49.8 Å². The summed E-state index contributed by atoms with van der Waals surface area (Å²) in [6.07, 6.45) is 1.79. The lowest BCUT2D eigenvalue weighted by Gasteiger charge is -2.39. The maximum absolute atomic E-state index is 13.3. The average Bonchev–Trinajstić information content (AvgIpc) is 2.99. The molecule has 11 heteroatoms. The van der Waals surface area contributed by atoms with Crippen LogP contribution in [0.25, 0.3) is 10.9 Å². The Balaban J connectivity index is 2.14. The second kappa shape index (κ2) is 14.4. The molecule has 0 aliphatic carbocycles. The molecule has 3 aromatic heterocycles. The molecule has 0 amide bonds. The largest absolute Gasteiger partial charge is 0.491 e. The molecule has 0 aliphatic heterocycles. The van der Waals surface area contributed by atoms with Crippen LogP contribution in [-0.4, -0.2) is 79.6 Å². The standard InChI is InChI=1S/C33H41BrN4O6/c1-9-43-27-18-22(19-28(37-27)44-20(2)3)33(39,13-15-38(4)5)29(24-12-14-35-32(42-8)30(24)40-6)25-17-21-16-23(34)10-11-26(21)36-31(25)41-7/h10-12,14,16-20,29,39H,9,13,15H2,1-8H3. The maximum atomic E-state index is 13.3. The Hall–Kier alpha value is -3.67. The van der Waals surface area contributed by atoms with Crippen LogP contribution in [0.3, 0.4) is 0 Å². The normalized spacial score (nSPS) is 13.5. The van der Waals surface area contributed by atoms with Crippen molar-refractivity contribution in [1.29, 1.82) is 0 Å². The number of aromatic nitrogens is 3. The molecule has 0 spiro atoms. The molecule has 4 aromatic rings. The Kier molecular flexibility index (Phi) is 10.9. The Morgan fingerprint density at radius 3 is 2.27 bits per heavy atom. The number of rotatable bonds is 14. The highest BCUT2D eigenvalue weighted by atomic mass is 79.9. The summed E-state index contributed by atoms with van der Waals surface area (Å²) in [6, 6.07) is 13.2. The molecule has 44 heavy (non-hydrogen) atoms. The number of hydrogen-bond acceptors (Lipinski definition) is 10. The molecular formula is C33H41BrN4O6. The molecule has 0 saturated heterocycles. The molecule has 0 saturated carbocycles. The lowest BCUT2D eigenvalue weighted by Crippen LogP contribution is -2.38. The molecule has 2 unspecified atom stereocenters. The summed E-state index contributed by atoms with van der Waals surface area (Å²) in [4.78, 5) is 15.8. The lowest BCUT2D eigenvalue weighted by molar-refractivity contribution is 0.00245. The summed E-state index contributed by atoms with van der Waals surface area (Å²) >= 11 is 3.59. The van der Waals surface area contributed by atoms with Crippen LogP contribution < -0.4 is 23.7 Å². The first-order chi connectivity index (χ1) is 21.0. The predicted molar refractivity (Wildman–Crippen MR) is 173 cm³/mol. The molecule has 236 valence electrons. The number of halogens is 1. The van der Waals surface area contributed by atoms with Gasteiger partial charge < -0.3 is 33.7 Å². The van der Waals surface area contributed by atoms with Crippen LogP contribution in [0.4, 0.5) is 0 Å². The van der Waals surface area contributed by atoms with Gasteiger partial charge in [0.15, 0.2) is 5.75 Å². The van der Waals surface area contributed by atoms with Crippen molar-refractivity contribution in [1.82, 2.24) is 19.9 Å². The topological polar surface area (TPSA) is 108 Å². The summed E-state index contributed by atoms with van der Waals surface area (Å²) < 4.78 is 30.2. The molecule has 1 aromatic carbocycles. The first-order valence-corrected chi connectivity index (χ1v) is 15.2. The van der Waals surface area contributed by atoms with E-state index < -0.39 is 11.5 Å². The summed E-state index contributed by atoms with van der Waals surface area (Å²) in [5.74, 6) is 0.934. The number of methoxy groups -OCH3 is 3. The first kappa shape index (κ1) is 33.2. The van der Waals surface area contributed by atoms with E-state index in [1.165, 1.54) is 7.11 Å². The average molecular weight is 670 g/mol. The summed E-state index contributed by atoms with van der Waals surface area (Å²) in [6.45, 7) is 6.67. The van der Waals surface area contributed by atoms with Gasteiger partial charge in [0.1, 0.15) is 5.60 Å². The number of pyridine rings is 3. The van der Waals surface area contributed by atoms with Gasteiger partial charge in [-0.25, -0.2) is 9.97 Å². The van der Waals surface area contributed by atoms with Crippen LogP contribution >= 0.6 is 15.9 Å². The second-order valence-electron chi connectivity index (χ2n) is 10.9. The van der Waals surface area contributed by atoms with Crippen molar-refractivity contribution in [3.05, 3.63) is 69.8 Å². The summed E-state index contributed by atoms with van der Waals surface area (Å²) in [5.41, 5.74) is 0.984. The van der Waals surface area contributed by atoms with Gasteiger partial charge in [0.05, 0.1) is 45.5 Å². The Labute approximate surface area is 267 Å². The minimum atomic E-state index is -1.59. The SMILES string of the molecule is CCOc1cc(C(O)(CCN(C)C)C(c2cc3cc(Br)ccc3nc2OC)c2ccnc(OC)c2OC)cc(OC(C)C)n1. The molecule has 4 rings (SSSR count). The number of fused-ring (bicyclic) bond motifs is 1. The Morgan fingerprint density at radius 1 is 0.909 bits per heavy atom. The fourth-order valence-electron chi connectivity index (χ4n) is 5.32. The minimum absolute atomic E-state index is 0.148. The molecule has 0 bridgehead atoms. The zero-order chi connectivity index (χ0) is 32.0. The molecule has 0 radical (unpaired) electrons. The van der Waals surface area contributed by atoms with E-state index in [4.69, 9.17) is 28.7 Å². The Morgan fingerprint density at radius 2 is 1.64 bits per heavy atom. The van der Waals surface area contributed by atoms with Crippen LogP contribution in [0.15, 0.2) is 53.1 Å². The zero-order valence-electron chi connectivity index (χ0n) is 26.6. The highest BCUT2D eigenvalue weighted by Crippen LogP contribution is 2.51. The first-order valence-electron chi connectivity index (χ1n) is 14.4. The molecule has 1 N–H and O–H groups in total. The molecular weight excluding hydrogens is 628 g/mol. The van der Waals surface area contributed by atoms with Gasteiger partial charge >= 0.3 is 0 Å². The number of ether oxygens (including phenoxy) is 5. The number of hydrogen-bond donors (Lipinski definition) is 1. The van der Waals surface area contributed by atoms with Crippen LogP contribution in [-0.2, 0) is 5.60 Å². The van der Waals surface area contributed by atoms with E-state index in [0.29, 0.717) is 59.7 Å². The third-order valence-electron chi connectivity index (χ3n) is 7.23. The van der Waals surface area contributed by atoms with Crippen molar-refractivity contribution in [3.63, 3.8) is 0 Å². The monoisotopic (exact) mass is 668 g/mol. The molecule has 0 aliphatic rings. The smallest absolute Gasteiger partial charge is 0.257 e. The van der Waals surface area contributed by atoms with E-state index in [0.717, 1.165) is 15.4 Å². The van der Waals surface area contributed by atoms with Gasteiger partial charge in [0.25, 0.3) is 5.88 Å². The zero-order valence-corrected chi connectivity index (χ0v) is 28.1.